The van der Waals surface area contributed by atoms with Crippen molar-refractivity contribution >= 4 is 11.7 Å². The Morgan fingerprint density at radius 1 is 1.35 bits per heavy atom. The standard InChI is InChI=1S/C14H14F3NO2/c1-9-8-18(6-5-12(9)19)13(20)10-3-2-4-11(7-10)14(15,16)17/h2-4,7,9H,5-6,8H2,1H3. The zero-order valence-corrected chi connectivity index (χ0v) is 10.9. The number of ketones is 1. The molecule has 1 aromatic carbocycles. The van der Waals surface area contributed by atoms with Gasteiger partial charge < -0.3 is 4.90 Å². The van der Waals surface area contributed by atoms with Gasteiger partial charge in [0.1, 0.15) is 5.78 Å². The minimum atomic E-state index is -4.47. The van der Waals surface area contributed by atoms with Crippen LogP contribution in [0.5, 0.6) is 0 Å². The number of halogens is 3. The molecule has 0 bridgehead atoms. The molecule has 3 nitrogen and oxygen atoms in total. The number of carbonyl (C=O) groups excluding carboxylic acids is 2. The second-order valence-electron chi connectivity index (χ2n) is 4.95. The molecule has 2 rings (SSSR count). The van der Waals surface area contributed by atoms with Crippen molar-refractivity contribution in [2.24, 2.45) is 5.92 Å². The number of benzene rings is 1. The van der Waals surface area contributed by atoms with E-state index in [1.54, 1.807) is 6.92 Å². The highest BCUT2D eigenvalue weighted by atomic mass is 19.4. The Morgan fingerprint density at radius 3 is 2.65 bits per heavy atom. The van der Waals surface area contributed by atoms with Crippen LogP contribution in [0.15, 0.2) is 24.3 Å². The van der Waals surface area contributed by atoms with Crippen LogP contribution in [0.4, 0.5) is 13.2 Å². The molecule has 1 aromatic rings. The lowest BCUT2D eigenvalue weighted by Crippen LogP contribution is -2.43. The quantitative estimate of drug-likeness (QED) is 0.795. The minimum Gasteiger partial charge on any atom is -0.337 e. The van der Waals surface area contributed by atoms with Crippen molar-refractivity contribution in [3.05, 3.63) is 35.4 Å². The molecular formula is C14H14F3NO2. The second-order valence-corrected chi connectivity index (χ2v) is 4.95. The SMILES string of the molecule is CC1CN(C(=O)c2cccc(C(F)(F)F)c2)CCC1=O. The molecule has 1 aliphatic rings. The van der Waals surface area contributed by atoms with Gasteiger partial charge in [0.2, 0.25) is 0 Å². The molecule has 1 unspecified atom stereocenters. The lowest BCUT2D eigenvalue weighted by atomic mass is 9.97. The maximum Gasteiger partial charge on any atom is 0.416 e. The molecule has 0 saturated carbocycles. The Morgan fingerprint density at radius 2 is 2.05 bits per heavy atom. The van der Waals surface area contributed by atoms with Crippen LogP contribution in [0.1, 0.15) is 29.3 Å². The molecule has 0 N–H and O–H groups in total. The molecule has 1 atom stereocenters. The molecular weight excluding hydrogens is 271 g/mol. The number of hydrogen-bond donors (Lipinski definition) is 0. The summed E-state index contributed by atoms with van der Waals surface area (Å²) in [6.07, 6.45) is -4.21. The van der Waals surface area contributed by atoms with Crippen LogP contribution in [0.25, 0.3) is 0 Å². The van der Waals surface area contributed by atoms with Gasteiger partial charge in [0.05, 0.1) is 5.56 Å². The van der Waals surface area contributed by atoms with Gasteiger partial charge in [0.25, 0.3) is 5.91 Å². The summed E-state index contributed by atoms with van der Waals surface area (Å²) in [5, 5.41) is 0. The van der Waals surface area contributed by atoms with Crippen molar-refractivity contribution in [2.45, 2.75) is 19.5 Å². The van der Waals surface area contributed by atoms with Gasteiger partial charge in [-0.05, 0) is 18.2 Å². The third-order valence-electron chi connectivity index (χ3n) is 3.40. The van der Waals surface area contributed by atoms with Crippen molar-refractivity contribution in [1.82, 2.24) is 4.90 Å². The average molecular weight is 285 g/mol. The molecule has 0 radical (unpaired) electrons. The summed E-state index contributed by atoms with van der Waals surface area (Å²) in [6.45, 7) is 2.24. The van der Waals surface area contributed by atoms with Crippen LogP contribution in [0, 0.1) is 5.92 Å². The first-order chi connectivity index (χ1) is 9.29. The van der Waals surface area contributed by atoms with Crippen molar-refractivity contribution in [3.63, 3.8) is 0 Å². The average Bonchev–Trinajstić information content (AvgIpc) is 2.40. The first-order valence-corrected chi connectivity index (χ1v) is 6.28. The third-order valence-corrected chi connectivity index (χ3v) is 3.40. The van der Waals surface area contributed by atoms with Crippen molar-refractivity contribution in [2.75, 3.05) is 13.1 Å². The van der Waals surface area contributed by atoms with Crippen LogP contribution >= 0.6 is 0 Å². The van der Waals surface area contributed by atoms with Gasteiger partial charge in [0, 0.05) is 31.0 Å². The lowest BCUT2D eigenvalue weighted by molar-refractivity contribution is -0.137. The van der Waals surface area contributed by atoms with Crippen molar-refractivity contribution < 1.29 is 22.8 Å². The first kappa shape index (κ1) is 14.6. The summed E-state index contributed by atoms with van der Waals surface area (Å²) < 4.78 is 37.9. The molecule has 108 valence electrons. The van der Waals surface area contributed by atoms with E-state index >= 15 is 0 Å². The van der Waals surface area contributed by atoms with E-state index in [4.69, 9.17) is 0 Å². The van der Waals surface area contributed by atoms with Gasteiger partial charge in [-0.1, -0.05) is 13.0 Å². The first-order valence-electron chi connectivity index (χ1n) is 6.28. The fourth-order valence-electron chi connectivity index (χ4n) is 2.21. The van der Waals surface area contributed by atoms with Crippen molar-refractivity contribution in [3.8, 4) is 0 Å². The maximum absolute atomic E-state index is 12.6. The predicted molar refractivity (Wildman–Crippen MR) is 66.1 cm³/mol. The molecule has 1 aliphatic heterocycles. The maximum atomic E-state index is 12.6. The zero-order chi connectivity index (χ0) is 14.9. The summed E-state index contributed by atoms with van der Waals surface area (Å²) in [5.74, 6) is -0.646. The smallest absolute Gasteiger partial charge is 0.337 e. The van der Waals surface area contributed by atoms with Gasteiger partial charge >= 0.3 is 6.18 Å². The Kier molecular flexibility index (Phi) is 3.83. The molecule has 6 heteroatoms. The van der Waals surface area contributed by atoms with Gasteiger partial charge in [0.15, 0.2) is 0 Å². The van der Waals surface area contributed by atoms with Crippen LogP contribution in [-0.2, 0) is 11.0 Å². The van der Waals surface area contributed by atoms with Crippen molar-refractivity contribution in [1.29, 1.82) is 0 Å². The number of hydrogen-bond acceptors (Lipinski definition) is 2. The van der Waals surface area contributed by atoms with E-state index in [2.05, 4.69) is 0 Å². The fraction of sp³-hybridized carbons (Fsp3) is 0.429. The normalized spacial score (nSPS) is 20.1. The summed E-state index contributed by atoms with van der Waals surface area (Å²) in [6, 6.07) is 4.36. The highest BCUT2D eigenvalue weighted by Gasteiger charge is 2.32. The van der Waals surface area contributed by atoms with Crippen LogP contribution in [0.3, 0.4) is 0 Å². The fourth-order valence-corrected chi connectivity index (χ4v) is 2.21. The zero-order valence-electron chi connectivity index (χ0n) is 10.9. The Hall–Kier alpha value is -1.85. The number of alkyl halides is 3. The molecule has 1 heterocycles. The summed E-state index contributed by atoms with van der Waals surface area (Å²) in [5.41, 5.74) is -0.842. The minimum absolute atomic E-state index is 0.00127. The topological polar surface area (TPSA) is 37.4 Å². The molecule has 1 amide bonds. The molecule has 0 aromatic heterocycles. The third kappa shape index (κ3) is 3.00. The number of nitrogens with zero attached hydrogens (tertiary/aromatic N) is 1. The van der Waals surface area contributed by atoms with Gasteiger partial charge in [-0.2, -0.15) is 13.2 Å². The monoisotopic (exact) mass is 285 g/mol. The van der Waals surface area contributed by atoms with Gasteiger partial charge in [-0.3, -0.25) is 9.59 Å². The number of piperidine rings is 1. The summed E-state index contributed by atoms with van der Waals surface area (Å²) in [4.78, 5) is 25.0. The summed E-state index contributed by atoms with van der Waals surface area (Å²) in [7, 11) is 0. The van der Waals surface area contributed by atoms with Crippen LogP contribution < -0.4 is 0 Å². The molecule has 20 heavy (non-hydrogen) atoms. The lowest BCUT2D eigenvalue weighted by Gasteiger charge is -2.30. The predicted octanol–water partition coefficient (Wildman–Crippen LogP) is 2.76. The van der Waals surface area contributed by atoms with Crippen LogP contribution in [0.2, 0.25) is 0 Å². The number of carbonyl (C=O) groups is 2. The highest BCUT2D eigenvalue weighted by molar-refractivity contribution is 5.95. The van der Waals surface area contributed by atoms with E-state index in [1.807, 2.05) is 0 Å². The van der Waals surface area contributed by atoms with Gasteiger partial charge in [-0.25, -0.2) is 0 Å². The van der Waals surface area contributed by atoms with E-state index < -0.39 is 17.6 Å². The number of likely N-dealkylation sites (tertiary alicyclic amines) is 1. The van der Waals surface area contributed by atoms with E-state index in [0.29, 0.717) is 0 Å². The number of rotatable bonds is 1. The Balaban J connectivity index is 2.19. The van der Waals surface area contributed by atoms with E-state index in [9.17, 15) is 22.8 Å². The molecule has 0 aliphatic carbocycles. The number of amides is 1. The second kappa shape index (κ2) is 5.26. The summed E-state index contributed by atoms with van der Waals surface area (Å²) >= 11 is 0. The number of Topliss-reactive ketones (excluding diaryl/α,β-unsaturated/α-hetero) is 1. The molecule has 1 fully saturated rings. The molecule has 1 saturated heterocycles. The van der Waals surface area contributed by atoms with E-state index in [-0.39, 0.29) is 36.8 Å². The van der Waals surface area contributed by atoms with E-state index in [0.717, 1.165) is 12.1 Å². The molecule has 0 spiro atoms. The van der Waals surface area contributed by atoms with Crippen LogP contribution in [-0.4, -0.2) is 29.7 Å². The highest BCUT2D eigenvalue weighted by Crippen LogP contribution is 2.30. The largest absolute Gasteiger partial charge is 0.416 e. The van der Waals surface area contributed by atoms with E-state index in [1.165, 1.54) is 17.0 Å². The Labute approximate surface area is 114 Å². The van der Waals surface area contributed by atoms with Gasteiger partial charge in [-0.15, -0.1) is 0 Å². The Bertz CT molecular complexity index is 539.